The van der Waals surface area contributed by atoms with E-state index in [4.69, 9.17) is 0 Å². The molecule has 0 atom stereocenters. The van der Waals surface area contributed by atoms with E-state index in [1.165, 1.54) is 12.8 Å². The number of rotatable bonds is 2. The minimum Gasteiger partial charge on any atom is -0.306 e. The van der Waals surface area contributed by atoms with Crippen LogP contribution in [-0.2, 0) is 0 Å². The molecule has 2 aromatic heterocycles. The van der Waals surface area contributed by atoms with Gasteiger partial charge < -0.3 is 4.90 Å². The molecule has 2 aromatic rings. The lowest BCUT2D eigenvalue weighted by atomic mass is 10.1. The van der Waals surface area contributed by atoms with Gasteiger partial charge in [0, 0.05) is 29.7 Å². The van der Waals surface area contributed by atoms with Crippen molar-refractivity contribution in [2.24, 2.45) is 0 Å². The highest BCUT2D eigenvalue weighted by Gasteiger charge is 2.18. The van der Waals surface area contributed by atoms with Crippen molar-refractivity contribution >= 4 is 0 Å². The summed E-state index contributed by atoms with van der Waals surface area (Å²) in [4.78, 5) is 6.53. The standard InChI is InChI=1S/C14H18N4/c1-17-7-4-14(5-8-17)18-11-13(10-16-18)12-3-2-6-15-9-12/h2-3,6,9-11,14H,4-5,7-8H2,1H3. The number of piperidine rings is 1. The summed E-state index contributed by atoms with van der Waals surface area (Å²) in [6, 6.07) is 4.58. The Bertz CT molecular complexity index is 498. The highest BCUT2D eigenvalue weighted by Crippen LogP contribution is 2.24. The third-order valence-electron chi connectivity index (χ3n) is 3.66. The Hall–Kier alpha value is -1.68. The monoisotopic (exact) mass is 242 g/mol. The Morgan fingerprint density at radius 3 is 2.72 bits per heavy atom. The summed E-state index contributed by atoms with van der Waals surface area (Å²) in [7, 11) is 2.18. The molecule has 0 saturated carbocycles. The van der Waals surface area contributed by atoms with Crippen LogP contribution in [0.2, 0.25) is 0 Å². The van der Waals surface area contributed by atoms with E-state index in [0.717, 1.165) is 24.2 Å². The fourth-order valence-corrected chi connectivity index (χ4v) is 2.48. The molecule has 1 aliphatic heterocycles. The summed E-state index contributed by atoms with van der Waals surface area (Å²) in [6.45, 7) is 2.32. The van der Waals surface area contributed by atoms with Crippen LogP contribution in [0.1, 0.15) is 18.9 Å². The lowest BCUT2D eigenvalue weighted by Gasteiger charge is -2.28. The highest BCUT2D eigenvalue weighted by molar-refractivity contribution is 5.60. The topological polar surface area (TPSA) is 34.0 Å². The van der Waals surface area contributed by atoms with Crippen LogP contribution in [0.25, 0.3) is 11.1 Å². The number of likely N-dealkylation sites (tertiary alicyclic amines) is 1. The number of nitrogens with zero attached hydrogens (tertiary/aromatic N) is 4. The maximum absolute atomic E-state index is 4.51. The summed E-state index contributed by atoms with van der Waals surface area (Å²) >= 11 is 0. The smallest absolute Gasteiger partial charge is 0.0569 e. The van der Waals surface area contributed by atoms with E-state index in [9.17, 15) is 0 Å². The number of aromatic nitrogens is 3. The Morgan fingerprint density at radius 1 is 1.17 bits per heavy atom. The largest absolute Gasteiger partial charge is 0.306 e. The maximum Gasteiger partial charge on any atom is 0.0569 e. The van der Waals surface area contributed by atoms with Crippen LogP contribution in [0.3, 0.4) is 0 Å². The summed E-state index contributed by atoms with van der Waals surface area (Å²) < 4.78 is 2.12. The molecule has 3 heterocycles. The summed E-state index contributed by atoms with van der Waals surface area (Å²) in [6.07, 6.45) is 10.1. The van der Waals surface area contributed by atoms with E-state index in [2.05, 4.69) is 39.0 Å². The zero-order valence-corrected chi connectivity index (χ0v) is 10.7. The van der Waals surface area contributed by atoms with E-state index in [-0.39, 0.29) is 0 Å². The molecule has 4 heteroatoms. The van der Waals surface area contributed by atoms with Gasteiger partial charge in [-0.1, -0.05) is 6.07 Å². The summed E-state index contributed by atoms with van der Waals surface area (Å²) in [5, 5.41) is 4.51. The van der Waals surface area contributed by atoms with Gasteiger partial charge in [-0.2, -0.15) is 5.10 Å². The van der Waals surface area contributed by atoms with Gasteiger partial charge in [-0.05, 0) is 39.0 Å². The van der Waals surface area contributed by atoms with Crippen LogP contribution in [0.5, 0.6) is 0 Å². The van der Waals surface area contributed by atoms with Gasteiger partial charge in [0.05, 0.1) is 12.2 Å². The van der Waals surface area contributed by atoms with E-state index in [1.54, 1.807) is 6.20 Å². The zero-order chi connectivity index (χ0) is 12.4. The predicted molar refractivity (Wildman–Crippen MR) is 71.2 cm³/mol. The molecule has 0 aromatic carbocycles. The first-order valence-electron chi connectivity index (χ1n) is 6.46. The molecular weight excluding hydrogens is 224 g/mol. The van der Waals surface area contributed by atoms with Crippen LogP contribution in [0.15, 0.2) is 36.9 Å². The molecule has 0 radical (unpaired) electrons. The van der Waals surface area contributed by atoms with Gasteiger partial charge >= 0.3 is 0 Å². The molecule has 4 nitrogen and oxygen atoms in total. The minimum atomic E-state index is 0.548. The van der Waals surface area contributed by atoms with Crippen molar-refractivity contribution < 1.29 is 0 Å². The van der Waals surface area contributed by atoms with Crippen molar-refractivity contribution in [2.45, 2.75) is 18.9 Å². The maximum atomic E-state index is 4.51. The molecule has 94 valence electrons. The first kappa shape index (κ1) is 11.4. The summed E-state index contributed by atoms with van der Waals surface area (Å²) in [5.74, 6) is 0. The second kappa shape index (κ2) is 4.90. The Balaban J connectivity index is 1.78. The Morgan fingerprint density at radius 2 is 2.00 bits per heavy atom. The van der Waals surface area contributed by atoms with Crippen molar-refractivity contribution in [3.8, 4) is 11.1 Å². The van der Waals surface area contributed by atoms with Crippen molar-refractivity contribution in [3.63, 3.8) is 0 Å². The fraction of sp³-hybridized carbons (Fsp3) is 0.429. The molecule has 3 rings (SSSR count). The SMILES string of the molecule is CN1CCC(n2cc(-c3cccnc3)cn2)CC1. The third-order valence-corrected chi connectivity index (χ3v) is 3.66. The van der Waals surface area contributed by atoms with Gasteiger partial charge in [-0.15, -0.1) is 0 Å². The molecule has 0 bridgehead atoms. The third kappa shape index (κ3) is 2.29. The molecule has 1 aliphatic rings. The highest BCUT2D eigenvalue weighted by atomic mass is 15.3. The van der Waals surface area contributed by atoms with Crippen molar-refractivity contribution in [1.82, 2.24) is 19.7 Å². The van der Waals surface area contributed by atoms with Gasteiger partial charge in [0.2, 0.25) is 0 Å². The number of hydrogen-bond donors (Lipinski definition) is 0. The predicted octanol–water partition coefficient (Wildman–Crippen LogP) is 2.21. The van der Waals surface area contributed by atoms with Crippen molar-refractivity contribution in [1.29, 1.82) is 0 Å². The van der Waals surface area contributed by atoms with Gasteiger partial charge in [-0.25, -0.2) is 0 Å². The number of hydrogen-bond acceptors (Lipinski definition) is 3. The van der Waals surface area contributed by atoms with Crippen LogP contribution >= 0.6 is 0 Å². The van der Waals surface area contributed by atoms with Crippen LogP contribution in [0, 0.1) is 0 Å². The second-order valence-corrected chi connectivity index (χ2v) is 4.99. The molecule has 0 aliphatic carbocycles. The molecule has 1 saturated heterocycles. The van der Waals surface area contributed by atoms with E-state index >= 15 is 0 Å². The molecule has 0 spiro atoms. The second-order valence-electron chi connectivity index (χ2n) is 4.99. The molecule has 0 amide bonds. The van der Waals surface area contributed by atoms with Gasteiger partial charge in [0.1, 0.15) is 0 Å². The quantitative estimate of drug-likeness (QED) is 0.809. The minimum absolute atomic E-state index is 0.548. The van der Waals surface area contributed by atoms with Crippen molar-refractivity contribution in [3.05, 3.63) is 36.9 Å². The molecular formula is C14H18N4. The first-order chi connectivity index (χ1) is 8.83. The molecule has 18 heavy (non-hydrogen) atoms. The first-order valence-corrected chi connectivity index (χ1v) is 6.46. The zero-order valence-electron chi connectivity index (χ0n) is 10.7. The van der Waals surface area contributed by atoms with Crippen LogP contribution in [0.4, 0.5) is 0 Å². The van der Waals surface area contributed by atoms with E-state index in [1.807, 2.05) is 18.5 Å². The van der Waals surface area contributed by atoms with Crippen molar-refractivity contribution in [2.75, 3.05) is 20.1 Å². The fourth-order valence-electron chi connectivity index (χ4n) is 2.48. The molecule has 0 unspecified atom stereocenters. The molecule has 1 fully saturated rings. The normalized spacial score (nSPS) is 18.1. The Kier molecular flexibility index (Phi) is 3.11. The van der Waals surface area contributed by atoms with E-state index < -0.39 is 0 Å². The van der Waals surface area contributed by atoms with Gasteiger partial charge in [-0.3, -0.25) is 9.67 Å². The molecule has 0 N–H and O–H groups in total. The van der Waals surface area contributed by atoms with Gasteiger partial charge in [0.15, 0.2) is 0 Å². The lowest BCUT2D eigenvalue weighted by molar-refractivity contribution is 0.212. The average Bonchev–Trinajstić information content (AvgIpc) is 2.90. The van der Waals surface area contributed by atoms with Gasteiger partial charge in [0.25, 0.3) is 0 Å². The van der Waals surface area contributed by atoms with Crippen LogP contribution in [-0.4, -0.2) is 39.8 Å². The Labute approximate surface area is 107 Å². The lowest BCUT2D eigenvalue weighted by Crippen LogP contribution is -2.31. The summed E-state index contributed by atoms with van der Waals surface area (Å²) in [5.41, 5.74) is 2.29. The average molecular weight is 242 g/mol. The van der Waals surface area contributed by atoms with Crippen LogP contribution < -0.4 is 0 Å². The van der Waals surface area contributed by atoms with E-state index in [0.29, 0.717) is 6.04 Å². The number of pyridine rings is 1.